The summed E-state index contributed by atoms with van der Waals surface area (Å²) in [5.41, 5.74) is 1.03. The van der Waals surface area contributed by atoms with Crippen molar-refractivity contribution in [2.75, 3.05) is 26.3 Å². The van der Waals surface area contributed by atoms with E-state index in [0.29, 0.717) is 18.9 Å². The Balaban J connectivity index is 1.59. The molecule has 1 amide bonds. The summed E-state index contributed by atoms with van der Waals surface area (Å²) in [5.74, 6) is -0.380. The van der Waals surface area contributed by atoms with Gasteiger partial charge in [-0.15, -0.1) is 0 Å². The van der Waals surface area contributed by atoms with Gasteiger partial charge in [-0.05, 0) is 45.0 Å². The average molecular weight is 342 g/mol. The predicted molar refractivity (Wildman–Crippen MR) is 92.9 cm³/mol. The smallest absolute Gasteiger partial charge is 0.270 e. The van der Waals surface area contributed by atoms with E-state index in [0.717, 1.165) is 18.8 Å². The third-order valence-corrected chi connectivity index (χ3v) is 5.15. The number of hydrogen-bond donors (Lipinski definition) is 1. The van der Waals surface area contributed by atoms with Gasteiger partial charge in [-0.25, -0.2) is 4.98 Å². The molecule has 2 atom stereocenters. The average Bonchev–Trinajstić information content (AvgIpc) is 3.26. The zero-order chi connectivity index (χ0) is 17.4. The van der Waals surface area contributed by atoms with Crippen LogP contribution in [0.25, 0.3) is 5.65 Å². The highest BCUT2D eigenvalue weighted by atomic mass is 16.5. The fraction of sp³-hybridized carbons (Fsp3) is 0.500. The van der Waals surface area contributed by atoms with Crippen LogP contribution in [0, 0.1) is 6.92 Å². The van der Waals surface area contributed by atoms with Crippen LogP contribution in [-0.4, -0.2) is 58.6 Å². The molecule has 2 saturated heterocycles. The zero-order valence-corrected chi connectivity index (χ0v) is 14.3. The van der Waals surface area contributed by atoms with Crippen molar-refractivity contribution in [2.45, 2.75) is 31.8 Å². The van der Waals surface area contributed by atoms with Crippen LogP contribution in [0.15, 0.2) is 29.2 Å². The van der Waals surface area contributed by atoms with Crippen molar-refractivity contribution < 1.29 is 9.53 Å². The minimum atomic E-state index is -0.380. The van der Waals surface area contributed by atoms with Crippen molar-refractivity contribution in [2.24, 2.45) is 0 Å². The number of amides is 1. The molecule has 2 aliphatic heterocycles. The second kappa shape index (κ2) is 6.57. The molecule has 4 rings (SSSR count). The summed E-state index contributed by atoms with van der Waals surface area (Å²) in [6, 6.07) is 5.51. The predicted octanol–water partition coefficient (Wildman–Crippen LogP) is 0.596. The molecule has 7 heteroatoms. The van der Waals surface area contributed by atoms with E-state index in [2.05, 4.69) is 15.2 Å². The fourth-order valence-corrected chi connectivity index (χ4v) is 3.79. The molecule has 132 valence electrons. The highest BCUT2D eigenvalue weighted by Gasteiger charge is 2.35. The number of fused-ring (bicyclic) bond motifs is 1. The molecule has 2 aromatic heterocycles. The number of nitrogens with zero attached hydrogens (tertiary/aromatic N) is 3. The van der Waals surface area contributed by atoms with E-state index in [4.69, 9.17) is 4.74 Å². The van der Waals surface area contributed by atoms with Crippen molar-refractivity contribution in [3.63, 3.8) is 0 Å². The molecular weight excluding hydrogens is 320 g/mol. The van der Waals surface area contributed by atoms with Gasteiger partial charge in [-0.1, -0.05) is 6.07 Å². The standard InChI is InChI=1S/C18H22N4O3/c1-12-5-4-6-16-19-9-13(18(24)22(12)16)17(23)20-14-10-25-11-15(14)21-7-2-3-8-21/h4-6,9,14-15H,2-3,7-8,10-11H2,1H3,(H,20,23). The first-order valence-corrected chi connectivity index (χ1v) is 8.75. The molecule has 1 N–H and O–H groups in total. The van der Waals surface area contributed by atoms with Gasteiger partial charge in [0.25, 0.3) is 11.5 Å². The summed E-state index contributed by atoms with van der Waals surface area (Å²) in [7, 11) is 0. The van der Waals surface area contributed by atoms with Gasteiger partial charge in [0.05, 0.1) is 25.3 Å². The lowest BCUT2D eigenvalue weighted by Gasteiger charge is -2.27. The van der Waals surface area contributed by atoms with Crippen LogP contribution in [0.1, 0.15) is 28.9 Å². The number of carbonyl (C=O) groups excluding carboxylic acids is 1. The van der Waals surface area contributed by atoms with Gasteiger partial charge in [0.2, 0.25) is 0 Å². The maximum atomic E-state index is 12.7. The molecule has 2 fully saturated rings. The Labute approximate surface area is 145 Å². The van der Waals surface area contributed by atoms with Crippen LogP contribution < -0.4 is 10.9 Å². The van der Waals surface area contributed by atoms with Crippen LogP contribution in [0.2, 0.25) is 0 Å². The molecule has 2 aromatic rings. The molecule has 2 aliphatic rings. The number of carbonyl (C=O) groups is 1. The van der Waals surface area contributed by atoms with Crippen LogP contribution in [0.3, 0.4) is 0 Å². The molecule has 0 radical (unpaired) electrons. The van der Waals surface area contributed by atoms with Crippen molar-refractivity contribution >= 4 is 11.6 Å². The van der Waals surface area contributed by atoms with Crippen LogP contribution >= 0.6 is 0 Å². The highest BCUT2D eigenvalue weighted by molar-refractivity contribution is 5.94. The third kappa shape index (κ3) is 2.94. The molecule has 4 heterocycles. The molecule has 0 spiro atoms. The monoisotopic (exact) mass is 342 g/mol. The van der Waals surface area contributed by atoms with E-state index < -0.39 is 0 Å². The summed E-state index contributed by atoms with van der Waals surface area (Å²) < 4.78 is 7.05. The highest BCUT2D eigenvalue weighted by Crippen LogP contribution is 2.19. The van der Waals surface area contributed by atoms with E-state index >= 15 is 0 Å². The van der Waals surface area contributed by atoms with Crippen LogP contribution in [0.4, 0.5) is 0 Å². The topological polar surface area (TPSA) is 75.9 Å². The quantitative estimate of drug-likeness (QED) is 0.884. The Kier molecular flexibility index (Phi) is 4.27. The summed E-state index contributed by atoms with van der Waals surface area (Å²) >= 11 is 0. The third-order valence-electron chi connectivity index (χ3n) is 5.15. The van der Waals surface area contributed by atoms with E-state index in [-0.39, 0.29) is 29.1 Å². The molecule has 0 aromatic carbocycles. The SMILES string of the molecule is Cc1cccc2ncc(C(=O)NC3COCC3N3CCCC3)c(=O)n12. The molecule has 7 nitrogen and oxygen atoms in total. The molecule has 0 saturated carbocycles. The molecule has 0 aliphatic carbocycles. The molecule has 25 heavy (non-hydrogen) atoms. The van der Waals surface area contributed by atoms with Gasteiger partial charge < -0.3 is 10.1 Å². The fourth-order valence-electron chi connectivity index (χ4n) is 3.79. The lowest BCUT2D eigenvalue weighted by atomic mass is 10.1. The van der Waals surface area contributed by atoms with Gasteiger partial charge in [0.1, 0.15) is 11.2 Å². The van der Waals surface area contributed by atoms with Crippen molar-refractivity contribution in [1.29, 1.82) is 0 Å². The van der Waals surface area contributed by atoms with Gasteiger partial charge in [-0.2, -0.15) is 0 Å². The van der Waals surface area contributed by atoms with E-state index in [1.165, 1.54) is 23.4 Å². The number of hydrogen-bond acceptors (Lipinski definition) is 5. The summed E-state index contributed by atoms with van der Waals surface area (Å²) in [4.78, 5) is 32.0. The Morgan fingerprint density at radius 3 is 2.88 bits per heavy atom. The maximum Gasteiger partial charge on any atom is 0.270 e. The summed E-state index contributed by atoms with van der Waals surface area (Å²) in [6.45, 7) is 5.01. The largest absolute Gasteiger partial charge is 0.378 e. The lowest BCUT2D eigenvalue weighted by molar-refractivity contribution is 0.0914. The van der Waals surface area contributed by atoms with Gasteiger partial charge in [-0.3, -0.25) is 18.9 Å². The molecule has 2 unspecified atom stereocenters. The normalized spacial score (nSPS) is 24.0. The van der Waals surface area contributed by atoms with E-state index in [1.807, 2.05) is 19.1 Å². The second-order valence-corrected chi connectivity index (χ2v) is 6.77. The Morgan fingerprint density at radius 2 is 2.08 bits per heavy atom. The second-order valence-electron chi connectivity index (χ2n) is 6.77. The van der Waals surface area contributed by atoms with Crippen molar-refractivity contribution in [1.82, 2.24) is 19.6 Å². The summed E-state index contributed by atoms with van der Waals surface area (Å²) in [5, 5.41) is 2.99. The summed E-state index contributed by atoms with van der Waals surface area (Å²) in [6.07, 6.45) is 3.74. The number of likely N-dealkylation sites (tertiary alicyclic amines) is 1. The first-order chi connectivity index (χ1) is 12.1. The first kappa shape index (κ1) is 16.2. The minimum absolute atomic E-state index is 0.0684. The van der Waals surface area contributed by atoms with Gasteiger partial charge in [0.15, 0.2) is 0 Å². The number of ether oxygens (including phenoxy) is 1. The number of rotatable bonds is 3. The Hall–Kier alpha value is -2.25. The van der Waals surface area contributed by atoms with Crippen molar-refractivity contribution in [3.05, 3.63) is 46.0 Å². The lowest BCUT2D eigenvalue weighted by Crippen LogP contribution is -2.51. The maximum absolute atomic E-state index is 12.7. The number of aromatic nitrogens is 2. The number of aryl methyl sites for hydroxylation is 1. The van der Waals surface area contributed by atoms with Crippen molar-refractivity contribution in [3.8, 4) is 0 Å². The molecule has 0 bridgehead atoms. The van der Waals surface area contributed by atoms with Crippen LogP contribution in [-0.2, 0) is 4.74 Å². The van der Waals surface area contributed by atoms with Gasteiger partial charge in [0, 0.05) is 11.9 Å². The minimum Gasteiger partial charge on any atom is -0.378 e. The number of nitrogens with one attached hydrogen (secondary N) is 1. The van der Waals surface area contributed by atoms with Crippen LogP contribution in [0.5, 0.6) is 0 Å². The van der Waals surface area contributed by atoms with E-state index in [9.17, 15) is 9.59 Å². The van der Waals surface area contributed by atoms with Gasteiger partial charge >= 0.3 is 0 Å². The van der Waals surface area contributed by atoms with E-state index in [1.54, 1.807) is 6.07 Å². The Bertz CT molecular complexity index is 857. The number of pyridine rings is 1. The zero-order valence-electron chi connectivity index (χ0n) is 14.3. The molecular formula is C18H22N4O3. The first-order valence-electron chi connectivity index (χ1n) is 8.75. The Morgan fingerprint density at radius 1 is 1.28 bits per heavy atom.